The second kappa shape index (κ2) is 8.12. The number of carbonyl (C=O) groups excluding carboxylic acids is 2. The monoisotopic (exact) mass is 468 g/mol. The average Bonchev–Trinajstić information content (AvgIpc) is 3.01. The van der Waals surface area contributed by atoms with E-state index < -0.39 is 5.97 Å². The number of anilines is 1. The van der Waals surface area contributed by atoms with Gasteiger partial charge in [-0.25, -0.2) is 0 Å². The van der Waals surface area contributed by atoms with E-state index in [-0.39, 0.29) is 18.2 Å². The fourth-order valence-electron chi connectivity index (χ4n) is 3.08. The first kappa shape index (κ1) is 20.0. The normalized spacial score (nSPS) is 19.3. The lowest BCUT2D eigenvalue weighted by Crippen LogP contribution is -2.29. The molecule has 0 bridgehead atoms. The summed E-state index contributed by atoms with van der Waals surface area (Å²) in [5, 5.41) is 8.68. The Bertz CT molecular complexity index is 884. The van der Waals surface area contributed by atoms with Gasteiger partial charge in [-0.05, 0) is 31.0 Å². The van der Waals surface area contributed by atoms with Crippen molar-refractivity contribution in [2.75, 3.05) is 18.5 Å². The minimum atomic E-state index is -0.820. The molecule has 0 spiro atoms. The van der Waals surface area contributed by atoms with Gasteiger partial charge in [0.1, 0.15) is 4.32 Å². The van der Waals surface area contributed by atoms with Gasteiger partial charge in [-0.15, -0.1) is 0 Å². The minimum Gasteiger partial charge on any atom is -0.481 e. The number of halogens is 1. The highest BCUT2D eigenvalue weighted by Gasteiger charge is 2.40. The first-order valence-electron chi connectivity index (χ1n) is 8.39. The maximum Gasteiger partial charge on any atom is 0.303 e. The molecule has 2 heterocycles. The molecule has 0 radical (unpaired) electrons. The molecule has 1 N–H and O–H groups in total. The summed E-state index contributed by atoms with van der Waals surface area (Å²) in [6.07, 6.45) is 2.05. The van der Waals surface area contributed by atoms with E-state index in [2.05, 4.69) is 15.9 Å². The van der Waals surface area contributed by atoms with Crippen molar-refractivity contribution in [3.8, 4) is 0 Å². The van der Waals surface area contributed by atoms with Crippen LogP contribution in [0.15, 0.2) is 27.6 Å². The molecule has 1 aromatic rings. The van der Waals surface area contributed by atoms with Crippen LogP contribution in [0.25, 0.3) is 5.57 Å². The number of carboxylic acid groups (broad SMARTS) is 1. The lowest BCUT2D eigenvalue weighted by molar-refractivity contribution is -0.137. The van der Waals surface area contributed by atoms with Gasteiger partial charge in [-0.2, -0.15) is 0 Å². The molecule has 0 unspecified atom stereocenters. The second-order valence-corrected chi connectivity index (χ2v) is 8.82. The van der Waals surface area contributed by atoms with Crippen LogP contribution in [0.5, 0.6) is 0 Å². The summed E-state index contributed by atoms with van der Waals surface area (Å²) in [4.78, 5) is 39.6. The maximum absolute atomic E-state index is 12.9. The molecule has 0 aliphatic carbocycles. The number of nitrogens with zero attached hydrogens (tertiary/aromatic N) is 2. The van der Waals surface area contributed by atoms with Crippen molar-refractivity contribution in [1.82, 2.24) is 4.90 Å². The van der Waals surface area contributed by atoms with Gasteiger partial charge in [0.2, 0.25) is 0 Å². The number of hydrogen-bond acceptors (Lipinski definition) is 5. The number of thiocarbonyl (C=S) groups is 1. The van der Waals surface area contributed by atoms with Crippen molar-refractivity contribution >= 4 is 73.3 Å². The number of amides is 2. The second-order valence-electron chi connectivity index (χ2n) is 6.26. The van der Waals surface area contributed by atoms with E-state index >= 15 is 0 Å². The predicted octanol–water partition coefficient (Wildman–Crippen LogP) is 3.64. The largest absolute Gasteiger partial charge is 0.481 e. The molecule has 9 heteroatoms. The quantitative estimate of drug-likeness (QED) is 0.390. The van der Waals surface area contributed by atoms with Crippen molar-refractivity contribution in [3.63, 3.8) is 0 Å². The summed E-state index contributed by atoms with van der Waals surface area (Å²) in [5.41, 5.74) is 1.87. The summed E-state index contributed by atoms with van der Waals surface area (Å²) in [6, 6.07) is 5.53. The highest BCUT2D eigenvalue weighted by Crippen LogP contribution is 2.44. The number of fused-ring (bicyclic) bond motifs is 1. The summed E-state index contributed by atoms with van der Waals surface area (Å²) >= 11 is 9.92. The minimum absolute atomic E-state index is 0.120. The molecule has 6 nitrogen and oxygen atoms in total. The van der Waals surface area contributed by atoms with Gasteiger partial charge < -0.3 is 10.0 Å². The van der Waals surface area contributed by atoms with Crippen LogP contribution in [-0.4, -0.2) is 45.7 Å². The summed E-state index contributed by atoms with van der Waals surface area (Å²) in [6.45, 7) is 0.427. The highest BCUT2D eigenvalue weighted by atomic mass is 79.9. The van der Waals surface area contributed by atoms with Gasteiger partial charge >= 0.3 is 5.97 Å². The van der Waals surface area contributed by atoms with Crippen LogP contribution in [0.3, 0.4) is 0 Å². The number of carboxylic acids is 1. The fourth-order valence-corrected chi connectivity index (χ4v) is 4.82. The maximum atomic E-state index is 12.9. The number of thioether (sulfide) groups is 1. The Kier molecular flexibility index (Phi) is 6.02. The van der Waals surface area contributed by atoms with Gasteiger partial charge in [-0.1, -0.05) is 46.3 Å². The Labute approximate surface area is 174 Å². The van der Waals surface area contributed by atoms with Gasteiger partial charge in [0, 0.05) is 30.0 Å². The van der Waals surface area contributed by atoms with Crippen LogP contribution in [0.2, 0.25) is 0 Å². The van der Waals surface area contributed by atoms with Crippen molar-refractivity contribution in [1.29, 1.82) is 0 Å². The van der Waals surface area contributed by atoms with Crippen LogP contribution in [0, 0.1) is 0 Å². The van der Waals surface area contributed by atoms with Gasteiger partial charge in [0.15, 0.2) is 0 Å². The van der Waals surface area contributed by atoms with Crippen molar-refractivity contribution < 1.29 is 19.5 Å². The number of hydrogen-bond donors (Lipinski definition) is 1. The van der Waals surface area contributed by atoms with Crippen LogP contribution in [-0.2, 0) is 14.4 Å². The molecule has 2 aliphatic rings. The SMILES string of the molecule is CN1C(=O)/C(=C2/SC(=S)N(CCCCCC(=O)O)C2=O)c2cc(Br)ccc21. The number of rotatable bonds is 6. The van der Waals surface area contributed by atoms with E-state index in [0.717, 1.165) is 27.5 Å². The number of benzene rings is 1. The van der Waals surface area contributed by atoms with E-state index in [1.54, 1.807) is 7.05 Å². The Morgan fingerprint density at radius 3 is 2.67 bits per heavy atom. The van der Waals surface area contributed by atoms with Gasteiger partial charge in [-0.3, -0.25) is 19.3 Å². The lowest BCUT2D eigenvalue weighted by atomic mass is 10.1. The van der Waals surface area contributed by atoms with Gasteiger partial charge in [0.05, 0.1) is 16.2 Å². The molecular weight excluding hydrogens is 452 g/mol. The number of unbranched alkanes of at least 4 members (excludes halogenated alkanes) is 2. The van der Waals surface area contributed by atoms with E-state index in [1.807, 2.05) is 18.2 Å². The molecule has 142 valence electrons. The zero-order valence-electron chi connectivity index (χ0n) is 14.5. The average molecular weight is 469 g/mol. The van der Waals surface area contributed by atoms with Crippen LogP contribution >= 0.6 is 39.9 Å². The zero-order valence-corrected chi connectivity index (χ0v) is 17.7. The molecule has 3 rings (SSSR count). The molecule has 0 aromatic heterocycles. The summed E-state index contributed by atoms with van der Waals surface area (Å²) < 4.78 is 1.26. The van der Waals surface area contributed by atoms with Crippen molar-refractivity contribution in [2.45, 2.75) is 25.7 Å². The molecule has 2 amide bonds. The predicted molar refractivity (Wildman–Crippen MR) is 112 cm³/mol. The van der Waals surface area contributed by atoms with Crippen LogP contribution in [0.1, 0.15) is 31.2 Å². The highest BCUT2D eigenvalue weighted by molar-refractivity contribution is 9.10. The van der Waals surface area contributed by atoms with E-state index in [0.29, 0.717) is 40.6 Å². The molecule has 0 saturated carbocycles. The summed E-state index contributed by atoms with van der Waals surface area (Å²) in [5.74, 6) is -1.29. The molecule has 2 aliphatic heterocycles. The standard InChI is InChI=1S/C18H17BrN2O4S2/c1-20-12-7-6-10(19)9-11(12)14(16(20)24)15-17(25)21(18(26)27-15)8-4-2-3-5-13(22)23/h6-7,9H,2-5,8H2,1H3,(H,22,23)/b15-14+. The Morgan fingerprint density at radius 2 is 1.96 bits per heavy atom. The molecule has 1 saturated heterocycles. The third-order valence-electron chi connectivity index (χ3n) is 4.46. The van der Waals surface area contributed by atoms with Crippen molar-refractivity contribution in [2.24, 2.45) is 0 Å². The number of carbonyl (C=O) groups is 3. The Hall–Kier alpha value is -1.71. The van der Waals surface area contributed by atoms with Crippen LogP contribution < -0.4 is 4.90 Å². The Morgan fingerprint density at radius 1 is 1.22 bits per heavy atom. The first-order chi connectivity index (χ1) is 12.8. The fraction of sp³-hybridized carbons (Fsp3) is 0.333. The third kappa shape index (κ3) is 3.95. The molecule has 1 aromatic carbocycles. The first-order valence-corrected chi connectivity index (χ1v) is 10.4. The lowest BCUT2D eigenvalue weighted by Gasteiger charge is -2.14. The van der Waals surface area contributed by atoms with Crippen LogP contribution in [0.4, 0.5) is 5.69 Å². The Balaban J connectivity index is 1.81. The van der Waals surface area contributed by atoms with E-state index in [9.17, 15) is 14.4 Å². The van der Waals surface area contributed by atoms with Gasteiger partial charge in [0.25, 0.3) is 11.8 Å². The number of aliphatic carboxylic acids is 1. The topological polar surface area (TPSA) is 77.9 Å². The molecule has 1 fully saturated rings. The molecule has 0 atom stereocenters. The number of likely N-dealkylation sites (N-methyl/N-ethyl adjacent to an activating group) is 1. The van der Waals surface area contributed by atoms with Crippen molar-refractivity contribution in [3.05, 3.63) is 33.1 Å². The smallest absolute Gasteiger partial charge is 0.303 e. The molecular formula is C18H17BrN2O4S2. The summed E-state index contributed by atoms with van der Waals surface area (Å²) in [7, 11) is 1.69. The van der Waals surface area contributed by atoms with E-state index in [1.165, 1.54) is 9.80 Å². The third-order valence-corrected chi connectivity index (χ3v) is 6.40. The molecule has 27 heavy (non-hydrogen) atoms. The van der Waals surface area contributed by atoms with E-state index in [4.69, 9.17) is 17.3 Å². The zero-order chi connectivity index (χ0) is 19.7.